The van der Waals surface area contributed by atoms with Crippen LogP contribution in [0.4, 0.5) is 4.39 Å². The zero-order chi connectivity index (χ0) is 10.1. The molecule has 14 heavy (non-hydrogen) atoms. The zero-order valence-electron chi connectivity index (χ0n) is 7.37. The molecule has 0 aliphatic heterocycles. The van der Waals surface area contributed by atoms with Crippen LogP contribution in [0.15, 0.2) is 23.0 Å². The van der Waals surface area contributed by atoms with Gasteiger partial charge in [0, 0.05) is 0 Å². The van der Waals surface area contributed by atoms with Crippen LogP contribution in [0.3, 0.4) is 0 Å². The Labute approximate surface area is 78.4 Å². The van der Waals surface area contributed by atoms with E-state index in [-0.39, 0.29) is 5.88 Å². The van der Waals surface area contributed by atoms with Crippen LogP contribution in [0.1, 0.15) is 0 Å². The minimum Gasteiger partial charge on any atom is -0.480 e. The third-order valence-corrected chi connectivity index (χ3v) is 1.85. The van der Waals surface area contributed by atoms with E-state index in [0.29, 0.717) is 10.9 Å². The molecule has 0 saturated carbocycles. The number of nitrogens with one attached hydrogen (secondary N) is 1. The molecule has 0 fully saturated rings. The average Bonchev–Trinajstić information content (AvgIpc) is 2.15. The molecule has 1 aromatic carbocycles. The van der Waals surface area contributed by atoms with E-state index in [1.54, 1.807) is 0 Å². The maximum Gasteiger partial charge on any atom is 0.348 e. The molecule has 1 heterocycles. The lowest BCUT2D eigenvalue weighted by Gasteiger charge is -2.02. The largest absolute Gasteiger partial charge is 0.480 e. The molecule has 2 aromatic rings. The van der Waals surface area contributed by atoms with Gasteiger partial charge in [-0.15, -0.1) is 0 Å². The summed E-state index contributed by atoms with van der Waals surface area (Å²) in [6.45, 7) is 0. The number of aromatic nitrogens is 2. The number of benzene rings is 1. The van der Waals surface area contributed by atoms with Gasteiger partial charge in [0.1, 0.15) is 5.82 Å². The zero-order valence-corrected chi connectivity index (χ0v) is 7.37. The molecule has 5 heteroatoms. The lowest BCUT2D eigenvalue weighted by Crippen LogP contribution is -2.11. The third kappa shape index (κ3) is 1.32. The maximum absolute atomic E-state index is 12.8. The van der Waals surface area contributed by atoms with Crippen LogP contribution in [-0.4, -0.2) is 17.1 Å². The second kappa shape index (κ2) is 3.10. The van der Waals surface area contributed by atoms with Crippen LogP contribution in [0, 0.1) is 5.82 Å². The molecule has 0 bridgehead atoms. The first kappa shape index (κ1) is 8.68. The SMILES string of the molecule is COc1nc(=O)[nH]c2cc(F)ccc12. The normalized spacial score (nSPS) is 10.4. The van der Waals surface area contributed by atoms with Crippen molar-refractivity contribution in [3.63, 3.8) is 0 Å². The van der Waals surface area contributed by atoms with Crippen LogP contribution >= 0.6 is 0 Å². The highest BCUT2D eigenvalue weighted by Gasteiger charge is 2.05. The highest BCUT2D eigenvalue weighted by atomic mass is 19.1. The molecule has 1 aromatic heterocycles. The molecule has 0 unspecified atom stereocenters. The van der Waals surface area contributed by atoms with Gasteiger partial charge in [-0.05, 0) is 18.2 Å². The summed E-state index contributed by atoms with van der Waals surface area (Å²) in [5, 5.41) is 0.577. The molecule has 0 aliphatic rings. The summed E-state index contributed by atoms with van der Waals surface area (Å²) in [5.41, 5.74) is -0.179. The Bertz CT molecular complexity index is 536. The van der Waals surface area contributed by atoms with Crippen molar-refractivity contribution in [3.8, 4) is 5.88 Å². The second-order valence-electron chi connectivity index (χ2n) is 2.74. The van der Waals surface area contributed by atoms with Gasteiger partial charge in [0.15, 0.2) is 0 Å². The van der Waals surface area contributed by atoms with E-state index in [1.807, 2.05) is 0 Å². The van der Waals surface area contributed by atoms with Gasteiger partial charge in [-0.2, -0.15) is 4.98 Å². The Hall–Kier alpha value is -1.91. The predicted octanol–water partition coefficient (Wildman–Crippen LogP) is 1.07. The first-order chi connectivity index (χ1) is 6.70. The van der Waals surface area contributed by atoms with Gasteiger partial charge in [-0.25, -0.2) is 9.18 Å². The van der Waals surface area contributed by atoms with Crippen LogP contribution in [0.25, 0.3) is 10.9 Å². The Morgan fingerprint density at radius 2 is 2.29 bits per heavy atom. The monoisotopic (exact) mass is 194 g/mol. The Balaban J connectivity index is 2.87. The number of H-pyrrole nitrogens is 1. The molecule has 1 N–H and O–H groups in total. The molecule has 4 nitrogen and oxygen atoms in total. The Morgan fingerprint density at radius 3 is 3.00 bits per heavy atom. The van der Waals surface area contributed by atoms with Crippen molar-refractivity contribution in [2.45, 2.75) is 0 Å². The third-order valence-electron chi connectivity index (χ3n) is 1.85. The molecule has 0 amide bonds. The van der Waals surface area contributed by atoms with E-state index in [1.165, 1.54) is 25.3 Å². The lowest BCUT2D eigenvalue weighted by atomic mass is 10.2. The number of aromatic amines is 1. The number of hydrogen-bond donors (Lipinski definition) is 1. The van der Waals surface area contributed by atoms with Crippen molar-refractivity contribution in [1.29, 1.82) is 0 Å². The van der Waals surface area contributed by atoms with Gasteiger partial charge in [0.05, 0.1) is 18.0 Å². The number of methoxy groups -OCH3 is 1. The molecule has 0 atom stereocenters. The fraction of sp³-hybridized carbons (Fsp3) is 0.111. The molecule has 0 radical (unpaired) electrons. The molecule has 0 spiro atoms. The number of hydrogen-bond acceptors (Lipinski definition) is 3. The fourth-order valence-corrected chi connectivity index (χ4v) is 1.26. The summed E-state index contributed by atoms with van der Waals surface area (Å²) in [6, 6.07) is 4.01. The first-order valence-electron chi connectivity index (χ1n) is 3.94. The standard InChI is InChI=1S/C9H7FN2O2/c1-14-8-6-3-2-5(10)4-7(6)11-9(13)12-8/h2-4H,1H3,(H,11,12,13). The summed E-state index contributed by atoms with van der Waals surface area (Å²) < 4.78 is 17.7. The van der Waals surface area contributed by atoms with E-state index in [9.17, 15) is 9.18 Å². The highest BCUT2D eigenvalue weighted by molar-refractivity contribution is 5.83. The quantitative estimate of drug-likeness (QED) is 0.738. The van der Waals surface area contributed by atoms with E-state index >= 15 is 0 Å². The average molecular weight is 194 g/mol. The van der Waals surface area contributed by atoms with E-state index in [4.69, 9.17) is 4.74 Å². The Morgan fingerprint density at radius 1 is 1.50 bits per heavy atom. The minimum atomic E-state index is -0.556. The molecule has 0 saturated heterocycles. The molecule has 0 aliphatic carbocycles. The Kier molecular flexibility index (Phi) is 1.92. The van der Waals surface area contributed by atoms with Crippen LogP contribution in [0.5, 0.6) is 5.88 Å². The van der Waals surface area contributed by atoms with Gasteiger partial charge in [-0.3, -0.25) is 0 Å². The van der Waals surface area contributed by atoms with Crippen LogP contribution < -0.4 is 10.4 Å². The van der Waals surface area contributed by atoms with Crippen molar-refractivity contribution in [3.05, 3.63) is 34.5 Å². The smallest absolute Gasteiger partial charge is 0.348 e. The van der Waals surface area contributed by atoms with Crippen molar-refractivity contribution in [2.75, 3.05) is 7.11 Å². The number of fused-ring (bicyclic) bond motifs is 1. The highest BCUT2D eigenvalue weighted by Crippen LogP contribution is 2.19. The predicted molar refractivity (Wildman–Crippen MR) is 48.9 cm³/mol. The van der Waals surface area contributed by atoms with Gasteiger partial charge in [0.2, 0.25) is 5.88 Å². The van der Waals surface area contributed by atoms with Crippen molar-refractivity contribution < 1.29 is 9.13 Å². The number of rotatable bonds is 1. The molecular weight excluding hydrogens is 187 g/mol. The number of ether oxygens (including phenoxy) is 1. The molecular formula is C9H7FN2O2. The summed E-state index contributed by atoms with van der Waals surface area (Å²) in [7, 11) is 1.41. The topological polar surface area (TPSA) is 55.0 Å². The lowest BCUT2D eigenvalue weighted by molar-refractivity contribution is 0.401. The summed E-state index contributed by atoms with van der Waals surface area (Å²) in [6.07, 6.45) is 0. The summed E-state index contributed by atoms with van der Waals surface area (Å²) in [5.74, 6) is -0.217. The first-order valence-corrected chi connectivity index (χ1v) is 3.94. The molecule has 2 rings (SSSR count). The summed E-state index contributed by atoms with van der Waals surface area (Å²) in [4.78, 5) is 17.0. The van der Waals surface area contributed by atoms with Gasteiger partial charge >= 0.3 is 5.69 Å². The van der Waals surface area contributed by atoms with Crippen LogP contribution in [0.2, 0.25) is 0 Å². The minimum absolute atomic E-state index is 0.198. The van der Waals surface area contributed by atoms with Crippen molar-refractivity contribution in [2.24, 2.45) is 0 Å². The fourth-order valence-electron chi connectivity index (χ4n) is 1.26. The number of halogens is 1. The van der Waals surface area contributed by atoms with Gasteiger partial charge in [-0.1, -0.05) is 0 Å². The van der Waals surface area contributed by atoms with Gasteiger partial charge < -0.3 is 9.72 Å². The van der Waals surface area contributed by atoms with E-state index in [0.717, 1.165) is 0 Å². The van der Waals surface area contributed by atoms with Gasteiger partial charge in [0.25, 0.3) is 0 Å². The van der Waals surface area contributed by atoms with Crippen molar-refractivity contribution in [1.82, 2.24) is 9.97 Å². The molecule has 72 valence electrons. The van der Waals surface area contributed by atoms with Crippen molar-refractivity contribution >= 4 is 10.9 Å². The maximum atomic E-state index is 12.8. The van der Waals surface area contributed by atoms with E-state index < -0.39 is 11.5 Å². The van der Waals surface area contributed by atoms with E-state index in [2.05, 4.69) is 9.97 Å². The number of nitrogens with zero attached hydrogens (tertiary/aromatic N) is 1. The second-order valence-corrected chi connectivity index (χ2v) is 2.74. The summed E-state index contributed by atoms with van der Waals surface area (Å²) >= 11 is 0. The van der Waals surface area contributed by atoms with Crippen LogP contribution in [-0.2, 0) is 0 Å².